The van der Waals surface area contributed by atoms with Crippen LogP contribution < -0.4 is 14.5 Å². The first-order valence-corrected chi connectivity index (χ1v) is 14.1. The van der Waals surface area contributed by atoms with Crippen molar-refractivity contribution in [3.05, 3.63) is 53.7 Å². The molecule has 3 fully saturated rings. The van der Waals surface area contributed by atoms with Crippen molar-refractivity contribution in [3.8, 4) is 11.9 Å². The standard InChI is InChI=1S/C31H33N5O5/c1-5-35(6-2)29-33-18(3)15-24(34-29)40-14-13-31-16-23(37)30(4,41-31)25-26(31)28(39)36(27(25)38)22-12-11-19(17-32)20-9-7-8-10-21(20)22/h7-12,15,23,25-26,37H,5-6,13-14,16H2,1-4H3. The third-order valence-electron chi connectivity index (χ3n) is 9.02. The second kappa shape index (κ2) is 9.79. The number of hydrogen-bond donors (Lipinski definition) is 1. The molecule has 10 heteroatoms. The first-order chi connectivity index (χ1) is 19.7. The van der Waals surface area contributed by atoms with Gasteiger partial charge in [-0.25, -0.2) is 9.88 Å². The van der Waals surface area contributed by atoms with Gasteiger partial charge in [-0.2, -0.15) is 10.2 Å². The molecule has 5 unspecified atom stereocenters. The van der Waals surface area contributed by atoms with E-state index in [1.54, 1.807) is 31.2 Å². The predicted molar refractivity (Wildman–Crippen MR) is 151 cm³/mol. The van der Waals surface area contributed by atoms with Gasteiger partial charge >= 0.3 is 0 Å². The highest BCUT2D eigenvalue weighted by atomic mass is 16.6. The minimum atomic E-state index is -1.20. The summed E-state index contributed by atoms with van der Waals surface area (Å²) >= 11 is 0. The highest BCUT2D eigenvalue weighted by Gasteiger charge is 2.77. The summed E-state index contributed by atoms with van der Waals surface area (Å²) in [6, 6.07) is 14.5. The number of benzene rings is 2. The summed E-state index contributed by atoms with van der Waals surface area (Å²) < 4.78 is 12.5. The number of nitriles is 1. The number of carbonyl (C=O) groups is 2. The summed E-state index contributed by atoms with van der Waals surface area (Å²) in [7, 11) is 0. The zero-order chi connectivity index (χ0) is 29.1. The number of hydrogen-bond acceptors (Lipinski definition) is 9. The van der Waals surface area contributed by atoms with Crippen LogP contribution in [0.25, 0.3) is 10.8 Å². The lowest BCUT2D eigenvalue weighted by atomic mass is 9.66. The topological polar surface area (TPSA) is 129 Å². The molecule has 3 aliphatic rings. The van der Waals surface area contributed by atoms with Crippen LogP contribution in [0.15, 0.2) is 42.5 Å². The molecule has 0 radical (unpaired) electrons. The van der Waals surface area contributed by atoms with E-state index in [1.807, 2.05) is 43.9 Å². The number of rotatable bonds is 8. The maximum Gasteiger partial charge on any atom is 0.240 e. The zero-order valence-electron chi connectivity index (χ0n) is 23.6. The molecule has 0 spiro atoms. The minimum absolute atomic E-state index is 0.182. The third kappa shape index (κ3) is 3.98. The number of anilines is 2. The Morgan fingerprint density at radius 1 is 1.12 bits per heavy atom. The van der Waals surface area contributed by atoms with Crippen molar-refractivity contribution in [2.75, 3.05) is 29.5 Å². The molecule has 3 saturated heterocycles. The van der Waals surface area contributed by atoms with Gasteiger partial charge in [0.2, 0.25) is 23.6 Å². The Bertz CT molecular complexity index is 1600. The number of aryl methyl sites for hydroxylation is 1. The SMILES string of the molecule is CCN(CC)c1nc(C)cc(OCCC23CC(O)C(C)(O2)C2C(=O)N(c4ccc(C#N)c5ccccc45)C(=O)C23)n1. The Kier molecular flexibility index (Phi) is 6.47. The van der Waals surface area contributed by atoms with E-state index >= 15 is 0 Å². The van der Waals surface area contributed by atoms with Crippen LogP contribution >= 0.6 is 0 Å². The predicted octanol–water partition coefficient (Wildman–Crippen LogP) is 3.52. The number of ether oxygens (including phenoxy) is 2. The first-order valence-electron chi connectivity index (χ1n) is 14.1. The second-order valence-corrected chi connectivity index (χ2v) is 11.2. The fraction of sp³-hybridized carbons (Fsp3) is 0.452. The Hall–Kier alpha value is -4.07. The summed E-state index contributed by atoms with van der Waals surface area (Å²) in [6.07, 6.45) is -0.387. The molecule has 2 aromatic carbocycles. The van der Waals surface area contributed by atoms with Crippen molar-refractivity contribution in [3.63, 3.8) is 0 Å². The highest BCUT2D eigenvalue weighted by Crippen LogP contribution is 2.62. The van der Waals surface area contributed by atoms with Gasteiger partial charge in [0.25, 0.3) is 0 Å². The molecular formula is C31H33N5O5. The summed E-state index contributed by atoms with van der Waals surface area (Å²) in [5.74, 6) is -1.33. The van der Waals surface area contributed by atoms with Crippen LogP contribution in [0.3, 0.4) is 0 Å². The second-order valence-electron chi connectivity index (χ2n) is 11.2. The number of nitrogens with zero attached hydrogens (tertiary/aromatic N) is 5. The Morgan fingerprint density at radius 3 is 2.54 bits per heavy atom. The molecular weight excluding hydrogens is 522 g/mol. The van der Waals surface area contributed by atoms with Crippen LogP contribution in [0.4, 0.5) is 11.6 Å². The van der Waals surface area contributed by atoms with E-state index in [-0.39, 0.29) is 18.9 Å². The first kappa shape index (κ1) is 27.1. The average molecular weight is 556 g/mol. The van der Waals surface area contributed by atoms with E-state index in [0.717, 1.165) is 18.8 Å². The molecule has 0 saturated carbocycles. The van der Waals surface area contributed by atoms with Gasteiger partial charge in [-0.1, -0.05) is 24.3 Å². The molecule has 10 nitrogen and oxygen atoms in total. The molecule has 41 heavy (non-hydrogen) atoms. The normalized spacial score (nSPS) is 28.3. The smallest absolute Gasteiger partial charge is 0.240 e. The van der Waals surface area contributed by atoms with Crippen molar-refractivity contribution in [2.45, 2.75) is 57.8 Å². The van der Waals surface area contributed by atoms with Crippen molar-refractivity contribution < 1.29 is 24.2 Å². The van der Waals surface area contributed by atoms with Crippen LogP contribution in [0.5, 0.6) is 5.88 Å². The van der Waals surface area contributed by atoms with Crippen molar-refractivity contribution in [1.29, 1.82) is 5.26 Å². The number of aliphatic hydroxyl groups excluding tert-OH is 1. The van der Waals surface area contributed by atoms with Crippen molar-refractivity contribution in [1.82, 2.24) is 9.97 Å². The van der Waals surface area contributed by atoms with E-state index in [9.17, 15) is 20.0 Å². The van der Waals surface area contributed by atoms with E-state index in [4.69, 9.17) is 9.47 Å². The maximum atomic E-state index is 14.1. The molecule has 2 amide bonds. The van der Waals surface area contributed by atoms with Gasteiger partial charge in [0.05, 0.1) is 47.5 Å². The Labute approximate surface area is 238 Å². The molecule has 1 N–H and O–H groups in total. The number of imide groups is 1. The van der Waals surface area contributed by atoms with E-state index in [2.05, 4.69) is 16.0 Å². The largest absolute Gasteiger partial charge is 0.477 e. The van der Waals surface area contributed by atoms with Gasteiger partial charge in [-0.15, -0.1) is 0 Å². The van der Waals surface area contributed by atoms with Crippen molar-refractivity contribution >= 4 is 34.2 Å². The molecule has 3 aromatic rings. The molecule has 2 bridgehead atoms. The monoisotopic (exact) mass is 555 g/mol. The summed E-state index contributed by atoms with van der Waals surface area (Å²) in [4.78, 5) is 40.4. The number of aromatic nitrogens is 2. The maximum absolute atomic E-state index is 14.1. The quantitative estimate of drug-likeness (QED) is 0.415. The van der Waals surface area contributed by atoms with E-state index < -0.39 is 35.0 Å². The molecule has 6 rings (SSSR count). The molecule has 5 atom stereocenters. The molecule has 0 aliphatic carbocycles. The minimum Gasteiger partial charge on any atom is -0.477 e. The van der Waals surface area contributed by atoms with Gasteiger partial charge in [-0.05, 0) is 39.8 Å². The van der Waals surface area contributed by atoms with E-state index in [0.29, 0.717) is 40.3 Å². The van der Waals surface area contributed by atoms with Gasteiger partial charge in [0.1, 0.15) is 5.60 Å². The van der Waals surface area contributed by atoms with Gasteiger partial charge in [0, 0.05) is 48.5 Å². The molecule has 4 heterocycles. The third-order valence-corrected chi connectivity index (χ3v) is 9.02. The van der Waals surface area contributed by atoms with Crippen molar-refractivity contribution in [2.24, 2.45) is 11.8 Å². The lowest BCUT2D eigenvalue weighted by Gasteiger charge is -2.33. The zero-order valence-corrected chi connectivity index (χ0v) is 23.6. The van der Waals surface area contributed by atoms with Crippen LogP contribution in [-0.4, -0.2) is 63.9 Å². The summed E-state index contributed by atoms with van der Waals surface area (Å²) in [6.45, 7) is 9.38. The lowest BCUT2D eigenvalue weighted by molar-refractivity contribution is -0.134. The summed E-state index contributed by atoms with van der Waals surface area (Å²) in [5.41, 5.74) is -0.582. The molecule has 212 valence electrons. The number of aliphatic hydroxyl groups is 1. The Morgan fingerprint density at radius 2 is 1.83 bits per heavy atom. The summed E-state index contributed by atoms with van der Waals surface area (Å²) in [5, 5.41) is 22.0. The fourth-order valence-electron chi connectivity index (χ4n) is 7.01. The van der Waals surface area contributed by atoms with Gasteiger partial charge in [0.15, 0.2) is 0 Å². The Balaban J connectivity index is 1.30. The number of carbonyl (C=O) groups excluding carboxylic acids is 2. The fourth-order valence-corrected chi connectivity index (χ4v) is 7.01. The molecule has 1 aromatic heterocycles. The number of fused-ring (bicyclic) bond motifs is 6. The molecule has 3 aliphatic heterocycles. The van der Waals surface area contributed by atoms with Crippen LogP contribution in [0, 0.1) is 30.1 Å². The average Bonchev–Trinajstić information content (AvgIpc) is 3.49. The van der Waals surface area contributed by atoms with Gasteiger partial charge < -0.3 is 19.5 Å². The number of amides is 2. The van der Waals surface area contributed by atoms with Crippen LogP contribution in [-0.2, 0) is 14.3 Å². The van der Waals surface area contributed by atoms with Crippen LogP contribution in [0.1, 0.15) is 44.9 Å². The van der Waals surface area contributed by atoms with Crippen LogP contribution in [0.2, 0.25) is 0 Å². The lowest BCUT2D eigenvalue weighted by Crippen LogP contribution is -2.49. The van der Waals surface area contributed by atoms with Gasteiger partial charge in [-0.3, -0.25) is 9.59 Å². The van der Waals surface area contributed by atoms with E-state index in [1.165, 1.54) is 4.90 Å². The highest BCUT2D eigenvalue weighted by molar-refractivity contribution is 6.26.